The van der Waals surface area contributed by atoms with Gasteiger partial charge in [-0.25, -0.2) is 9.37 Å². The van der Waals surface area contributed by atoms with Gasteiger partial charge >= 0.3 is 0 Å². The van der Waals surface area contributed by atoms with Crippen molar-refractivity contribution >= 4 is 35.2 Å². The Kier molecular flexibility index (Phi) is 6.80. The molecular formula is C22H24FN5O5. The van der Waals surface area contributed by atoms with E-state index in [9.17, 15) is 18.8 Å². The van der Waals surface area contributed by atoms with Gasteiger partial charge in [0, 0.05) is 44.6 Å². The fourth-order valence-corrected chi connectivity index (χ4v) is 3.86. The van der Waals surface area contributed by atoms with Crippen molar-refractivity contribution in [2.45, 2.75) is 18.6 Å². The molecule has 2 aliphatic rings. The number of rotatable bonds is 6. The molecule has 2 saturated heterocycles. The normalized spacial score (nSPS) is 21.1. The largest absolute Gasteiger partial charge is 0.380 e. The number of aromatic nitrogens is 2. The van der Waals surface area contributed by atoms with Crippen LogP contribution in [0.25, 0.3) is 6.08 Å². The SMILES string of the molecule is CO[C@@H]1C[C@H](C(=O)Nc2ccc(N3CCOCC3=O)cc2F)N(C(=O)C=Cc2c[nH]cn2)C1. The maximum absolute atomic E-state index is 14.7. The number of amides is 3. The molecule has 1 aromatic carbocycles. The number of benzene rings is 1. The third-order valence-electron chi connectivity index (χ3n) is 5.61. The van der Waals surface area contributed by atoms with Crippen molar-refractivity contribution in [3.8, 4) is 0 Å². The van der Waals surface area contributed by atoms with E-state index in [0.29, 0.717) is 24.5 Å². The molecule has 2 aromatic rings. The number of imidazole rings is 1. The lowest BCUT2D eigenvalue weighted by Crippen LogP contribution is -2.42. The van der Waals surface area contributed by atoms with Crippen molar-refractivity contribution in [3.63, 3.8) is 0 Å². The molecule has 3 heterocycles. The highest BCUT2D eigenvalue weighted by Crippen LogP contribution is 2.26. The maximum Gasteiger partial charge on any atom is 0.253 e. The molecule has 0 bridgehead atoms. The van der Waals surface area contributed by atoms with E-state index >= 15 is 0 Å². The number of hydrogen-bond donors (Lipinski definition) is 2. The quantitative estimate of drug-likeness (QED) is 0.630. The minimum Gasteiger partial charge on any atom is -0.380 e. The van der Waals surface area contributed by atoms with Gasteiger partial charge in [0.2, 0.25) is 11.8 Å². The van der Waals surface area contributed by atoms with Crippen molar-refractivity contribution in [2.24, 2.45) is 0 Å². The fourth-order valence-electron chi connectivity index (χ4n) is 3.86. The molecule has 0 unspecified atom stereocenters. The monoisotopic (exact) mass is 457 g/mol. The summed E-state index contributed by atoms with van der Waals surface area (Å²) in [7, 11) is 1.51. The summed E-state index contributed by atoms with van der Waals surface area (Å²) in [6.45, 7) is 0.875. The van der Waals surface area contributed by atoms with Gasteiger partial charge in [-0.2, -0.15) is 0 Å². The van der Waals surface area contributed by atoms with Crippen LogP contribution in [0.4, 0.5) is 15.8 Å². The minimum atomic E-state index is -0.828. The second-order valence-corrected chi connectivity index (χ2v) is 7.68. The van der Waals surface area contributed by atoms with Gasteiger partial charge in [0.25, 0.3) is 5.91 Å². The molecule has 2 atom stereocenters. The van der Waals surface area contributed by atoms with Crippen molar-refractivity contribution in [3.05, 3.63) is 48.3 Å². The van der Waals surface area contributed by atoms with Crippen LogP contribution in [0.1, 0.15) is 12.1 Å². The van der Waals surface area contributed by atoms with Gasteiger partial charge in [0.05, 0.1) is 30.4 Å². The smallest absolute Gasteiger partial charge is 0.253 e. The molecule has 1 aromatic heterocycles. The zero-order valence-corrected chi connectivity index (χ0v) is 18.0. The predicted octanol–water partition coefficient (Wildman–Crippen LogP) is 1.18. The van der Waals surface area contributed by atoms with Crippen LogP contribution in [0.3, 0.4) is 0 Å². The third kappa shape index (κ3) is 5.10. The number of H-pyrrole nitrogens is 1. The number of methoxy groups -OCH3 is 1. The molecule has 174 valence electrons. The molecule has 2 N–H and O–H groups in total. The Morgan fingerprint density at radius 3 is 2.94 bits per heavy atom. The number of nitrogens with zero attached hydrogens (tertiary/aromatic N) is 3. The second kappa shape index (κ2) is 9.92. The van der Waals surface area contributed by atoms with Gasteiger partial charge < -0.3 is 29.6 Å². The van der Waals surface area contributed by atoms with Crippen molar-refractivity contribution in [1.29, 1.82) is 0 Å². The second-order valence-electron chi connectivity index (χ2n) is 7.68. The van der Waals surface area contributed by atoms with Gasteiger partial charge in [0.1, 0.15) is 18.5 Å². The third-order valence-corrected chi connectivity index (χ3v) is 5.61. The number of morpholine rings is 1. The first kappa shape index (κ1) is 22.6. The summed E-state index contributed by atoms with van der Waals surface area (Å²) in [5, 5.41) is 2.56. The lowest BCUT2D eigenvalue weighted by Gasteiger charge is -2.27. The first-order valence-electron chi connectivity index (χ1n) is 10.4. The van der Waals surface area contributed by atoms with Crippen molar-refractivity contribution in [1.82, 2.24) is 14.9 Å². The van der Waals surface area contributed by atoms with Crippen LogP contribution < -0.4 is 10.2 Å². The Morgan fingerprint density at radius 2 is 2.24 bits per heavy atom. The van der Waals surface area contributed by atoms with Gasteiger partial charge in [-0.15, -0.1) is 0 Å². The molecule has 0 spiro atoms. The average molecular weight is 457 g/mol. The molecular weight excluding hydrogens is 433 g/mol. The number of ether oxygens (including phenoxy) is 2. The van der Waals surface area contributed by atoms with E-state index in [1.165, 1.54) is 41.4 Å². The van der Waals surface area contributed by atoms with Crippen molar-refractivity contribution in [2.75, 3.05) is 43.6 Å². The zero-order chi connectivity index (χ0) is 23.4. The molecule has 2 aliphatic heterocycles. The summed E-state index contributed by atoms with van der Waals surface area (Å²) in [5.74, 6) is -1.84. The summed E-state index contributed by atoms with van der Waals surface area (Å²) in [5.41, 5.74) is 0.928. The molecule has 0 radical (unpaired) electrons. The number of hydrogen-bond acceptors (Lipinski definition) is 6. The van der Waals surface area contributed by atoms with Crippen LogP contribution in [-0.2, 0) is 23.9 Å². The fraction of sp³-hybridized carbons (Fsp3) is 0.364. The standard InChI is InChI=1S/C22H24FN5O5/c1-32-16-9-19(28(11-16)20(29)5-2-14-10-24-13-25-14)22(31)26-18-4-3-15(8-17(18)23)27-6-7-33-12-21(27)30/h2-5,8,10,13,16,19H,6-7,9,11-12H2,1H3,(H,24,25)(H,26,31)/t16-,19-/m1/s1. The minimum absolute atomic E-state index is 0.0372. The number of carbonyl (C=O) groups is 3. The highest BCUT2D eigenvalue weighted by molar-refractivity contribution is 6.01. The summed E-state index contributed by atoms with van der Waals surface area (Å²) in [6.07, 6.45) is 5.97. The number of anilines is 2. The lowest BCUT2D eigenvalue weighted by atomic mass is 10.1. The van der Waals surface area contributed by atoms with E-state index in [1.807, 2.05) is 0 Å². The Hall–Kier alpha value is -3.57. The van der Waals surface area contributed by atoms with Crippen molar-refractivity contribution < 1.29 is 28.2 Å². The molecule has 10 nitrogen and oxygen atoms in total. The summed E-state index contributed by atoms with van der Waals surface area (Å²) in [4.78, 5) is 47.3. The van der Waals surface area contributed by atoms with E-state index in [4.69, 9.17) is 9.47 Å². The van der Waals surface area contributed by atoms with E-state index in [-0.39, 0.29) is 43.2 Å². The molecule has 4 rings (SSSR count). The number of nitrogens with one attached hydrogen (secondary N) is 2. The van der Waals surface area contributed by atoms with E-state index in [1.54, 1.807) is 18.3 Å². The molecule has 11 heteroatoms. The lowest BCUT2D eigenvalue weighted by molar-refractivity contribution is -0.132. The predicted molar refractivity (Wildman–Crippen MR) is 117 cm³/mol. The van der Waals surface area contributed by atoms with Crippen LogP contribution in [-0.4, -0.2) is 78.1 Å². The molecule has 0 aliphatic carbocycles. The summed E-state index contributed by atoms with van der Waals surface area (Å²) >= 11 is 0. The average Bonchev–Trinajstić information content (AvgIpc) is 3.49. The number of aromatic amines is 1. The Bertz CT molecular complexity index is 1060. The first-order chi connectivity index (χ1) is 16.0. The van der Waals surface area contributed by atoms with Crippen LogP contribution >= 0.6 is 0 Å². The van der Waals surface area contributed by atoms with Gasteiger partial charge in [0.15, 0.2) is 0 Å². The number of likely N-dealkylation sites (tertiary alicyclic amines) is 1. The van der Waals surface area contributed by atoms with Gasteiger partial charge in [-0.1, -0.05) is 0 Å². The molecule has 2 fully saturated rings. The van der Waals surface area contributed by atoms with Crippen LogP contribution in [0, 0.1) is 5.82 Å². The summed E-state index contributed by atoms with van der Waals surface area (Å²) in [6, 6.07) is 3.33. The Morgan fingerprint density at radius 1 is 1.39 bits per heavy atom. The van der Waals surface area contributed by atoms with E-state index in [0.717, 1.165) is 0 Å². The Balaban J connectivity index is 1.46. The van der Waals surface area contributed by atoms with Gasteiger partial charge in [-0.05, 0) is 24.3 Å². The zero-order valence-electron chi connectivity index (χ0n) is 18.0. The number of halogens is 1. The topological polar surface area (TPSA) is 117 Å². The van der Waals surface area contributed by atoms with E-state index in [2.05, 4.69) is 15.3 Å². The van der Waals surface area contributed by atoms with Crippen LogP contribution in [0.2, 0.25) is 0 Å². The van der Waals surface area contributed by atoms with E-state index < -0.39 is 17.8 Å². The van der Waals surface area contributed by atoms with Crippen LogP contribution in [0.5, 0.6) is 0 Å². The highest BCUT2D eigenvalue weighted by atomic mass is 19.1. The number of carbonyl (C=O) groups excluding carboxylic acids is 3. The highest BCUT2D eigenvalue weighted by Gasteiger charge is 2.39. The molecule has 3 amide bonds. The van der Waals surface area contributed by atoms with Crippen LogP contribution in [0.15, 0.2) is 36.8 Å². The Labute approximate surface area is 189 Å². The maximum atomic E-state index is 14.7. The van der Waals surface area contributed by atoms with Gasteiger partial charge in [-0.3, -0.25) is 14.4 Å². The molecule has 0 saturated carbocycles. The summed E-state index contributed by atoms with van der Waals surface area (Å²) < 4.78 is 25.2. The first-order valence-corrected chi connectivity index (χ1v) is 10.4. The molecule has 33 heavy (non-hydrogen) atoms.